The van der Waals surface area contributed by atoms with Gasteiger partial charge in [0, 0.05) is 0 Å². The van der Waals surface area contributed by atoms with Gasteiger partial charge in [0.15, 0.2) is 6.29 Å². The molecule has 0 saturated heterocycles. The largest absolute Gasteiger partial charge is 0.481 e. The molecule has 0 aliphatic carbocycles. The molecular formula is C10H20O4. The second-order valence-corrected chi connectivity index (χ2v) is 3.69. The predicted octanol–water partition coefficient (Wildman–Crippen LogP) is 1.36. The summed E-state index contributed by atoms with van der Waals surface area (Å²) in [5, 5.41) is 27.4. The lowest BCUT2D eigenvalue weighted by Crippen LogP contribution is -2.42. The zero-order chi connectivity index (χ0) is 11.2. The van der Waals surface area contributed by atoms with E-state index in [1.165, 1.54) is 0 Å². The molecule has 0 aliphatic heterocycles. The van der Waals surface area contributed by atoms with Gasteiger partial charge in [-0.1, -0.05) is 33.1 Å². The second kappa shape index (κ2) is 5.98. The molecule has 0 aromatic rings. The average molecular weight is 204 g/mol. The van der Waals surface area contributed by atoms with Crippen LogP contribution in [0.4, 0.5) is 0 Å². The van der Waals surface area contributed by atoms with E-state index < -0.39 is 17.7 Å². The molecule has 0 heterocycles. The van der Waals surface area contributed by atoms with Crippen molar-refractivity contribution in [3.05, 3.63) is 0 Å². The Hall–Kier alpha value is -0.610. The molecular weight excluding hydrogens is 184 g/mol. The van der Waals surface area contributed by atoms with Crippen molar-refractivity contribution in [2.75, 3.05) is 0 Å². The van der Waals surface area contributed by atoms with Crippen LogP contribution in [0.15, 0.2) is 0 Å². The Bertz CT molecular complexity index is 179. The third-order valence-electron chi connectivity index (χ3n) is 2.59. The van der Waals surface area contributed by atoms with Crippen LogP contribution >= 0.6 is 0 Å². The Morgan fingerprint density at radius 1 is 1.21 bits per heavy atom. The Morgan fingerprint density at radius 2 is 1.79 bits per heavy atom. The van der Waals surface area contributed by atoms with Crippen molar-refractivity contribution in [2.24, 2.45) is 5.41 Å². The fraction of sp³-hybridized carbons (Fsp3) is 0.900. The van der Waals surface area contributed by atoms with E-state index in [-0.39, 0.29) is 0 Å². The standard InChI is InChI=1S/C10H20O4/c1-3-5-7-10(6-4-2,8(11)12)9(13)14/h8,11-12H,3-7H2,1-2H3,(H,13,14). The van der Waals surface area contributed by atoms with E-state index in [4.69, 9.17) is 15.3 Å². The molecule has 0 aromatic carbocycles. The topological polar surface area (TPSA) is 77.8 Å². The van der Waals surface area contributed by atoms with Crippen LogP contribution < -0.4 is 0 Å². The van der Waals surface area contributed by atoms with Crippen LogP contribution in [0.3, 0.4) is 0 Å². The normalized spacial score (nSPS) is 15.5. The van der Waals surface area contributed by atoms with Crippen LogP contribution in [0.25, 0.3) is 0 Å². The summed E-state index contributed by atoms with van der Waals surface area (Å²) < 4.78 is 0. The Kier molecular flexibility index (Phi) is 5.72. The van der Waals surface area contributed by atoms with Crippen LogP contribution in [0, 0.1) is 5.41 Å². The molecule has 0 fully saturated rings. The van der Waals surface area contributed by atoms with Crippen molar-refractivity contribution >= 4 is 5.97 Å². The van der Waals surface area contributed by atoms with E-state index in [0.29, 0.717) is 25.7 Å². The summed E-state index contributed by atoms with van der Waals surface area (Å²) in [7, 11) is 0. The average Bonchev–Trinajstić information content (AvgIpc) is 2.11. The van der Waals surface area contributed by atoms with Crippen LogP contribution in [0.1, 0.15) is 46.0 Å². The third kappa shape index (κ3) is 2.96. The highest BCUT2D eigenvalue weighted by Gasteiger charge is 2.43. The van der Waals surface area contributed by atoms with E-state index in [0.717, 1.165) is 6.42 Å². The van der Waals surface area contributed by atoms with Gasteiger partial charge in [-0.05, 0) is 12.8 Å². The van der Waals surface area contributed by atoms with E-state index >= 15 is 0 Å². The zero-order valence-electron chi connectivity index (χ0n) is 8.86. The summed E-state index contributed by atoms with van der Waals surface area (Å²) in [5.74, 6) is -1.11. The molecule has 0 aliphatic rings. The fourth-order valence-corrected chi connectivity index (χ4v) is 1.65. The van der Waals surface area contributed by atoms with E-state index in [1.54, 1.807) is 0 Å². The highest BCUT2D eigenvalue weighted by molar-refractivity contribution is 5.75. The first kappa shape index (κ1) is 13.4. The smallest absolute Gasteiger partial charge is 0.314 e. The number of hydrogen-bond donors (Lipinski definition) is 3. The SMILES string of the molecule is CCCCC(CCC)(C(=O)O)C(O)O. The summed E-state index contributed by atoms with van der Waals surface area (Å²) in [6, 6.07) is 0. The maximum Gasteiger partial charge on any atom is 0.314 e. The summed E-state index contributed by atoms with van der Waals surface area (Å²) in [6.45, 7) is 3.79. The maximum atomic E-state index is 11.0. The van der Waals surface area contributed by atoms with Gasteiger partial charge in [-0.2, -0.15) is 0 Å². The van der Waals surface area contributed by atoms with Gasteiger partial charge in [0.1, 0.15) is 5.41 Å². The lowest BCUT2D eigenvalue weighted by atomic mass is 9.78. The number of aliphatic hydroxyl groups excluding tert-OH is 1. The van der Waals surface area contributed by atoms with Crippen molar-refractivity contribution in [3.63, 3.8) is 0 Å². The van der Waals surface area contributed by atoms with Gasteiger partial charge >= 0.3 is 5.97 Å². The van der Waals surface area contributed by atoms with Gasteiger partial charge in [0.2, 0.25) is 0 Å². The molecule has 0 rings (SSSR count). The Labute approximate surface area is 84.6 Å². The first-order valence-electron chi connectivity index (χ1n) is 5.10. The Morgan fingerprint density at radius 3 is 2.07 bits per heavy atom. The minimum Gasteiger partial charge on any atom is -0.481 e. The van der Waals surface area contributed by atoms with Gasteiger partial charge in [0.25, 0.3) is 0 Å². The summed E-state index contributed by atoms with van der Waals surface area (Å²) in [4.78, 5) is 11.0. The lowest BCUT2D eigenvalue weighted by Gasteiger charge is -2.30. The molecule has 0 bridgehead atoms. The number of hydrogen-bond acceptors (Lipinski definition) is 3. The summed E-state index contributed by atoms with van der Waals surface area (Å²) >= 11 is 0. The van der Waals surface area contributed by atoms with E-state index in [9.17, 15) is 4.79 Å². The summed E-state index contributed by atoms with van der Waals surface area (Å²) in [5.41, 5.74) is -1.37. The fourth-order valence-electron chi connectivity index (χ4n) is 1.65. The van der Waals surface area contributed by atoms with Crippen LogP contribution in [-0.4, -0.2) is 27.6 Å². The molecule has 0 spiro atoms. The molecule has 0 saturated carbocycles. The maximum absolute atomic E-state index is 11.0. The molecule has 84 valence electrons. The number of carboxylic acids is 1. The minimum atomic E-state index is -1.77. The summed E-state index contributed by atoms with van der Waals surface area (Å²) in [6.07, 6.45) is 1.04. The van der Waals surface area contributed by atoms with Crippen LogP contribution in [-0.2, 0) is 4.79 Å². The minimum absolute atomic E-state index is 0.306. The molecule has 0 aromatic heterocycles. The highest BCUT2D eigenvalue weighted by Crippen LogP contribution is 2.33. The number of aliphatic hydroxyl groups is 2. The van der Waals surface area contributed by atoms with Crippen molar-refractivity contribution in [1.82, 2.24) is 0 Å². The molecule has 1 atom stereocenters. The van der Waals surface area contributed by atoms with Gasteiger partial charge < -0.3 is 15.3 Å². The second-order valence-electron chi connectivity index (χ2n) is 3.69. The number of carboxylic acid groups (broad SMARTS) is 1. The predicted molar refractivity (Wildman–Crippen MR) is 52.7 cm³/mol. The van der Waals surface area contributed by atoms with Gasteiger partial charge in [-0.15, -0.1) is 0 Å². The van der Waals surface area contributed by atoms with Crippen molar-refractivity contribution in [2.45, 2.75) is 52.2 Å². The number of rotatable bonds is 7. The first-order valence-corrected chi connectivity index (χ1v) is 5.10. The Balaban J connectivity index is 4.65. The quantitative estimate of drug-likeness (QED) is 0.547. The number of aliphatic carboxylic acids is 1. The molecule has 1 unspecified atom stereocenters. The molecule has 14 heavy (non-hydrogen) atoms. The van der Waals surface area contributed by atoms with Gasteiger partial charge in [-0.3, -0.25) is 4.79 Å². The first-order chi connectivity index (χ1) is 6.51. The van der Waals surface area contributed by atoms with Crippen molar-refractivity contribution in [3.8, 4) is 0 Å². The van der Waals surface area contributed by atoms with Crippen molar-refractivity contribution < 1.29 is 20.1 Å². The van der Waals surface area contributed by atoms with Gasteiger partial charge in [-0.25, -0.2) is 0 Å². The molecule has 0 amide bonds. The van der Waals surface area contributed by atoms with Crippen molar-refractivity contribution in [1.29, 1.82) is 0 Å². The highest BCUT2D eigenvalue weighted by atomic mass is 16.5. The molecule has 3 N–H and O–H groups in total. The monoisotopic (exact) mass is 204 g/mol. The van der Waals surface area contributed by atoms with Crippen LogP contribution in [0.5, 0.6) is 0 Å². The number of carbonyl (C=O) groups is 1. The third-order valence-corrected chi connectivity index (χ3v) is 2.59. The lowest BCUT2D eigenvalue weighted by molar-refractivity contribution is -0.184. The van der Waals surface area contributed by atoms with Gasteiger partial charge in [0.05, 0.1) is 0 Å². The molecule has 4 heteroatoms. The van der Waals surface area contributed by atoms with Crippen LogP contribution in [0.2, 0.25) is 0 Å². The molecule has 4 nitrogen and oxygen atoms in total. The zero-order valence-corrected chi connectivity index (χ0v) is 8.86. The van der Waals surface area contributed by atoms with E-state index in [1.807, 2.05) is 13.8 Å². The van der Waals surface area contributed by atoms with E-state index in [2.05, 4.69) is 0 Å². The molecule has 0 radical (unpaired) electrons. The number of unbranched alkanes of at least 4 members (excludes halogenated alkanes) is 1.